The quantitative estimate of drug-likeness (QED) is 0.919. The summed E-state index contributed by atoms with van der Waals surface area (Å²) >= 11 is 0. The molecule has 0 aromatic carbocycles. The van der Waals surface area contributed by atoms with Crippen LogP contribution >= 0.6 is 0 Å². The molecule has 1 atom stereocenters. The van der Waals surface area contributed by atoms with Gasteiger partial charge in [-0.15, -0.1) is 0 Å². The third-order valence-electron chi connectivity index (χ3n) is 3.48. The highest BCUT2D eigenvalue weighted by atomic mass is 19.4. The van der Waals surface area contributed by atoms with Gasteiger partial charge < -0.3 is 9.84 Å². The number of alkyl halides is 3. The van der Waals surface area contributed by atoms with Crippen LogP contribution in [-0.2, 0) is 11.8 Å². The summed E-state index contributed by atoms with van der Waals surface area (Å²) in [6.45, 7) is 3.66. The van der Waals surface area contributed by atoms with Crippen LogP contribution in [0.25, 0.3) is 0 Å². The van der Waals surface area contributed by atoms with Gasteiger partial charge in [0, 0.05) is 6.54 Å². The SMILES string of the molecule is CCCC1(c2nc(CC(F)(F)F)no2)CCCNC1. The Hall–Kier alpha value is -1.11. The fourth-order valence-electron chi connectivity index (χ4n) is 2.67. The van der Waals surface area contributed by atoms with Crippen molar-refractivity contribution in [3.05, 3.63) is 11.7 Å². The van der Waals surface area contributed by atoms with E-state index < -0.39 is 12.6 Å². The number of piperidine rings is 1. The maximum Gasteiger partial charge on any atom is 0.396 e. The number of hydrogen-bond acceptors (Lipinski definition) is 4. The van der Waals surface area contributed by atoms with E-state index in [2.05, 4.69) is 15.5 Å². The van der Waals surface area contributed by atoms with Crippen LogP contribution in [0.1, 0.15) is 44.3 Å². The van der Waals surface area contributed by atoms with Crippen molar-refractivity contribution >= 4 is 0 Å². The second-order valence-corrected chi connectivity index (χ2v) is 5.12. The lowest BCUT2D eigenvalue weighted by molar-refractivity contribution is -0.128. The van der Waals surface area contributed by atoms with Gasteiger partial charge in [-0.25, -0.2) is 0 Å². The number of halogens is 3. The molecule has 0 bridgehead atoms. The van der Waals surface area contributed by atoms with Crippen molar-refractivity contribution in [1.29, 1.82) is 0 Å². The summed E-state index contributed by atoms with van der Waals surface area (Å²) in [6.07, 6.45) is -1.82. The summed E-state index contributed by atoms with van der Waals surface area (Å²) in [5.74, 6) is 0.0735. The molecule has 1 aromatic rings. The first-order valence-corrected chi connectivity index (χ1v) is 6.56. The smallest absolute Gasteiger partial charge is 0.339 e. The van der Waals surface area contributed by atoms with Gasteiger partial charge in [0.25, 0.3) is 0 Å². The average Bonchev–Trinajstić information content (AvgIpc) is 2.77. The molecular weight excluding hydrogens is 259 g/mol. The topological polar surface area (TPSA) is 51.0 Å². The number of aromatic nitrogens is 2. The molecule has 1 unspecified atom stereocenters. The Labute approximate surface area is 109 Å². The van der Waals surface area contributed by atoms with E-state index in [9.17, 15) is 13.2 Å². The van der Waals surface area contributed by atoms with Crippen molar-refractivity contribution in [1.82, 2.24) is 15.5 Å². The molecule has 1 fully saturated rings. The molecule has 1 aliphatic rings. The van der Waals surface area contributed by atoms with Crippen LogP contribution in [-0.4, -0.2) is 29.4 Å². The van der Waals surface area contributed by atoms with E-state index in [0.717, 1.165) is 32.2 Å². The van der Waals surface area contributed by atoms with E-state index in [1.165, 1.54) is 0 Å². The fraction of sp³-hybridized carbons (Fsp3) is 0.833. The zero-order chi connectivity index (χ0) is 13.9. The number of hydrogen-bond donors (Lipinski definition) is 1. The third kappa shape index (κ3) is 3.46. The van der Waals surface area contributed by atoms with Gasteiger partial charge in [-0.2, -0.15) is 18.2 Å². The Morgan fingerprint density at radius 3 is 2.79 bits per heavy atom. The number of nitrogens with one attached hydrogen (secondary N) is 1. The third-order valence-corrected chi connectivity index (χ3v) is 3.48. The van der Waals surface area contributed by atoms with Gasteiger partial charge in [0.1, 0.15) is 6.42 Å². The van der Waals surface area contributed by atoms with Crippen LogP contribution in [0.2, 0.25) is 0 Å². The molecule has 0 radical (unpaired) electrons. The first kappa shape index (κ1) is 14.3. The Morgan fingerprint density at radius 2 is 2.21 bits per heavy atom. The molecule has 1 aliphatic heterocycles. The molecule has 2 rings (SSSR count). The van der Waals surface area contributed by atoms with Crippen molar-refractivity contribution < 1.29 is 17.7 Å². The molecule has 1 saturated heterocycles. The molecule has 2 heterocycles. The second kappa shape index (κ2) is 5.48. The molecule has 0 saturated carbocycles. The number of nitrogens with zero attached hydrogens (tertiary/aromatic N) is 2. The van der Waals surface area contributed by atoms with Crippen molar-refractivity contribution in [2.75, 3.05) is 13.1 Å². The Morgan fingerprint density at radius 1 is 1.42 bits per heavy atom. The largest absolute Gasteiger partial charge is 0.396 e. The molecule has 108 valence electrons. The molecule has 0 amide bonds. The Bertz CT molecular complexity index is 405. The fourth-order valence-corrected chi connectivity index (χ4v) is 2.67. The van der Waals surface area contributed by atoms with Gasteiger partial charge >= 0.3 is 6.18 Å². The molecule has 7 heteroatoms. The van der Waals surface area contributed by atoms with Gasteiger partial charge in [-0.05, 0) is 25.8 Å². The predicted molar refractivity (Wildman–Crippen MR) is 62.7 cm³/mol. The second-order valence-electron chi connectivity index (χ2n) is 5.12. The lowest BCUT2D eigenvalue weighted by Gasteiger charge is -2.34. The minimum atomic E-state index is -4.30. The van der Waals surface area contributed by atoms with Crippen molar-refractivity contribution in [3.8, 4) is 0 Å². The first-order chi connectivity index (χ1) is 8.95. The summed E-state index contributed by atoms with van der Waals surface area (Å²) in [4.78, 5) is 3.97. The van der Waals surface area contributed by atoms with E-state index in [-0.39, 0.29) is 11.2 Å². The first-order valence-electron chi connectivity index (χ1n) is 6.56. The molecule has 19 heavy (non-hydrogen) atoms. The van der Waals surface area contributed by atoms with Crippen LogP contribution in [0, 0.1) is 0 Å². The monoisotopic (exact) mass is 277 g/mol. The van der Waals surface area contributed by atoms with Gasteiger partial charge in [0.2, 0.25) is 5.89 Å². The molecular formula is C12H18F3N3O. The lowest BCUT2D eigenvalue weighted by atomic mass is 9.77. The van der Waals surface area contributed by atoms with Crippen LogP contribution in [0.5, 0.6) is 0 Å². The maximum absolute atomic E-state index is 12.3. The van der Waals surface area contributed by atoms with Crippen molar-refractivity contribution in [2.24, 2.45) is 0 Å². The van der Waals surface area contributed by atoms with Gasteiger partial charge in [-0.1, -0.05) is 18.5 Å². The van der Waals surface area contributed by atoms with Gasteiger partial charge in [0.05, 0.1) is 5.41 Å². The predicted octanol–water partition coefficient (Wildman–Crippen LogP) is 2.60. The van der Waals surface area contributed by atoms with Crippen LogP contribution in [0.15, 0.2) is 4.52 Å². The van der Waals surface area contributed by atoms with E-state index in [1.54, 1.807) is 0 Å². The summed E-state index contributed by atoms with van der Waals surface area (Å²) < 4.78 is 42.0. The van der Waals surface area contributed by atoms with E-state index in [0.29, 0.717) is 12.4 Å². The van der Waals surface area contributed by atoms with Crippen LogP contribution < -0.4 is 5.32 Å². The molecule has 0 spiro atoms. The molecule has 1 N–H and O–H groups in total. The normalized spacial score (nSPS) is 24.6. The Kier molecular flexibility index (Phi) is 4.13. The van der Waals surface area contributed by atoms with Crippen molar-refractivity contribution in [3.63, 3.8) is 0 Å². The summed E-state index contributed by atoms with van der Waals surface area (Å²) in [5.41, 5.74) is -0.302. The highest BCUT2D eigenvalue weighted by Crippen LogP contribution is 2.35. The minimum Gasteiger partial charge on any atom is -0.339 e. The molecule has 0 aliphatic carbocycles. The van der Waals surface area contributed by atoms with E-state index in [1.807, 2.05) is 6.92 Å². The average molecular weight is 277 g/mol. The summed E-state index contributed by atoms with van der Waals surface area (Å²) in [6, 6.07) is 0. The lowest BCUT2D eigenvalue weighted by Crippen LogP contribution is -2.43. The van der Waals surface area contributed by atoms with Crippen LogP contribution in [0.3, 0.4) is 0 Å². The zero-order valence-corrected chi connectivity index (χ0v) is 10.9. The molecule has 1 aromatic heterocycles. The highest BCUT2D eigenvalue weighted by Gasteiger charge is 2.39. The summed E-state index contributed by atoms with van der Waals surface area (Å²) in [7, 11) is 0. The van der Waals surface area contributed by atoms with Gasteiger partial charge in [-0.3, -0.25) is 0 Å². The Balaban J connectivity index is 2.18. The standard InChI is InChI=1S/C12H18F3N3O/c1-2-4-11(5-3-6-16-8-11)10-17-9(18-19-10)7-12(13,14)15/h16H,2-8H2,1H3. The zero-order valence-electron chi connectivity index (χ0n) is 10.9. The minimum absolute atomic E-state index is 0.274. The van der Waals surface area contributed by atoms with Gasteiger partial charge in [0.15, 0.2) is 5.82 Å². The number of rotatable bonds is 4. The highest BCUT2D eigenvalue weighted by molar-refractivity contribution is 5.08. The van der Waals surface area contributed by atoms with Crippen molar-refractivity contribution in [2.45, 2.75) is 50.6 Å². The van der Waals surface area contributed by atoms with E-state index in [4.69, 9.17) is 4.52 Å². The summed E-state index contributed by atoms with van der Waals surface area (Å²) in [5, 5.41) is 6.74. The molecule has 4 nitrogen and oxygen atoms in total. The maximum atomic E-state index is 12.3. The van der Waals surface area contributed by atoms with Crippen LogP contribution in [0.4, 0.5) is 13.2 Å². The van der Waals surface area contributed by atoms with E-state index >= 15 is 0 Å².